The van der Waals surface area contributed by atoms with E-state index >= 15 is 0 Å². The maximum atomic E-state index is 14.5. The van der Waals surface area contributed by atoms with Gasteiger partial charge in [0.05, 0.1) is 26.4 Å². The molecule has 188 valence electrons. The number of piperazine rings is 1. The fourth-order valence-electron chi connectivity index (χ4n) is 4.46. The van der Waals surface area contributed by atoms with Gasteiger partial charge < -0.3 is 19.5 Å². The number of methoxy groups -OCH3 is 2. The molecule has 3 aromatic rings. The number of carbonyl (C=O) groups is 1. The van der Waals surface area contributed by atoms with Gasteiger partial charge in [-0.2, -0.15) is 0 Å². The van der Waals surface area contributed by atoms with Gasteiger partial charge in [-0.3, -0.25) is 9.69 Å². The van der Waals surface area contributed by atoms with Crippen molar-refractivity contribution in [1.82, 2.24) is 4.90 Å². The second-order valence-electron chi connectivity index (χ2n) is 8.57. The summed E-state index contributed by atoms with van der Waals surface area (Å²) >= 11 is 0. The van der Waals surface area contributed by atoms with Crippen molar-refractivity contribution >= 4 is 17.5 Å². The molecule has 0 saturated carbocycles. The number of aliphatic hydroxyl groups is 1. The molecule has 0 unspecified atom stereocenters. The van der Waals surface area contributed by atoms with E-state index in [0.717, 1.165) is 54.3 Å². The number of anilines is 1. The first-order chi connectivity index (χ1) is 17.5. The molecule has 6 nitrogen and oxygen atoms in total. The van der Waals surface area contributed by atoms with E-state index in [4.69, 9.17) is 9.47 Å². The van der Waals surface area contributed by atoms with Crippen molar-refractivity contribution in [2.45, 2.75) is 0 Å². The van der Waals surface area contributed by atoms with Gasteiger partial charge in [0, 0.05) is 50.0 Å². The zero-order chi connectivity index (χ0) is 25.5. The molecule has 0 atom stereocenters. The van der Waals surface area contributed by atoms with Gasteiger partial charge in [0.15, 0.2) is 5.78 Å². The lowest BCUT2D eigenvalue weighted by Crippen LogP contribution is -2.47. The molecule has 0 amide bonds. The number of rotatable bonds is 9. The first-order valence-corrected chi connectivity index (χ1v) is 12.0. The van der Waals surface area contributed by atoms with Gasteiger partial charge in [0.2, 0.25) is 0 Å². The average Bonchev–Trinajstić information content (AvgIpc) is 2.92. The summed E-state index contributed by atoms with van der Waals surface area (Å²) < 4.78 is 25.1. The van der Waals surface area contributed by atoms with Crippen LogP contribution in [0.5, 0.6) is 11.5 Å². The molecule has 0 aromatic heterocycles. The molecule has 1 aliphatic heterocycles. The number of hydrogen-bond acceptors (Lipinski definition) is 6. The van der Waals surface area contributed by atoms with Crippen molar-refractivity contribution in [3.05, 3.63) is 83.7 Å². The Balaban J connectivity index is 1.68. The number of nitrogens with zero attached hydrogens (tertiary/aromatic N) is 2. The lowest BCUT2D eigenvalue weighted by molar-refractivity contribution is 0.104. The lowest BCUT2D eigenvalue weighted by Gasteiger charge is -2.36. The molecule has 0 radical (unpaired) electrons. The van der Waals surface area contributed by atoms with Gasteiger partial charge in [-0.25, -0.2) is 4.39 Å². The minimum absolute atomic E-state index is 0.00731. The molecule has 7 heteroatoms. The molecule has 4 rings (SSSR count). The first kappa shape index (κ1) is 25.4. The van der Waals surface area contributed by atoms with Gasteiger partial charge in [-0.05, 0) is 53.6 Å². The van der Waals surface area contributed by atoms with Crippen LogP contribution >= 0.6 is 0 Å². The Hall–Kier alpha value is -3.68. The van der Waals surface area contributed by atoms with Crippen LogP contribution in [0.25, 0.3) is 17.2 Å². The van der Waals surface area contributed by atoms with E-state index in [-0.39, 0.29) is 12.2 Å². The van der Waals surface area contributed by atoms with Gasteiger partial charge in [0.1, 0.15) is 17.3 Å². The normalized spacial score (nSPS) is 14.3. The molecule has 1 heterocycles. The summed E-state index contributed by atoms with van der Waals surface area (Å²) in [6.45, 7) is 4.09. The SMILES string of the molecule is COc1ccc(C(=O)/C=C/c2cc(-c3ccccc3OC)ccc2N2CCN(CCO)CC2)c(F)c1. The molecule has 0 spiro atoms. The summed E-state index contributed by atoms with van der Waals surface area (Å²) in [5, 5.41) is 9.25. The zero-order valence-corrected chi connectivity index (χ0v) is 20.6. The highest BCUT2D eigenvalue weighted by atomic mass is 19.1. The highest BCUT2D eigenvalue weighted by Crippen LogP contribution is 2.34. The Morgan fingerprint density at radius 1 is 1.00 bits per heavy atom. The van der Waals surface area contributed by atoms with Crippen LogP contribution in [0.3, 0.4) is 0 Å². The van der Waals surface area contributed by atoms with Crippen molar-refractivity contribution < 1.29 is 23.8 Å². The Bertz CT molecular complexity index is 1240. The molecule has 1 saturated heterocycles. The Morgan fingerprint density at radius 2 is 1.78 bits per heavy atom. The van der Waals surface area contributed by atoms with E-state index in [0.29, 0.717) is 12.3 Å². The van der Waals surface area contributed by atoms with Gasteiger partial charge in [-0.1, -0.05) is 24.3 Å². The summed E-state index contributed by atoms with van der Waals surface area (Å²) in [5.74, 6) is 0.0814. The van der Waals surface area contributed by atoms with E-state index in [1.165, 1.54) is 25.3 Å². The lowest BCUT2D eigenvalue weighted by atomic mass is 9.99. The molecule has 1 fully saturated rings. The highest BCUT2D eigenvalue weighted by Gasteiger charge is 2.19. The van der Waals surface area contributed by atoms with Gasteiger partial charge >= 0.3 is 0 Å². The minimum Gasteiger partial charge on any atom is -0.497 e. The van der Waals surface area contributed by atoms with E-state index in [1.54, 1.807) is 19.3 Å². The van der Waals surface area contributed by atoms with Crippen LogP contribution in [-0.4, -0.2) is 69.3 Å². The number of ketones is 1. The Morgan fingerprint density at radius 3 is 2.47 bits per heavy atom. The number of hydrogen-bond donors (Lipinski definition) is 1. The topological polar surface area (TPSA) is 62.2 Å². The molecule has 3 aromatic carbocycles. The van der Waals surface area contributed by atoms with Gasteiger partial charge in [0.25, 0.3) is 0 Å². The van der Waals surface area contributed by atoms with Crippen molar-refractivity contribution in [1.29, 1.82) is 0 Å². The van der Waals surface area contributed by atoms with Gasteiger partial charge in [-0.15, -0.1) is 0 Å². The number of aliphatic hydroxyl groups excluding tert-OH is 1. The number of allylic oxidation sites excluding steroid dienone is 1. The van der Waals surface area contributed by atoms with Crippen LogP contribution in [0.2, 0.25) is 0 Å². The first-order valence-electron chi connectivity index (χ1n) is 12.0. The second kappa shape index (κ2) is 11.8. The van der Waals surface area contributed by atoms with Crippen LogP contribution in [-0.2, 0) is 0 Å². The number of para-hydroxylation sites is 1. The van der Waals surface area contributed by atoms with Crippen molar-refractivity contribution in [3.8, 4) is 22.6 Å². The third kappa shape index (κ3) is 5.75. The number of β-amino-alcohol motifs (C(OH)–C–C–N with tert-alkyl or cyclic N) is 1. The van der Waals surface area contributed by atoms with Crippen LogP contribution < -0.4 is 14.4 Å². The highest BCUT2D eigenvalue weighted by molar-refractivity contribution is 6.07. The van der Waals surface area contributed by atoms with Crippen LogP contribution in [0.15, 0.2) is 66.7 Å². The molecule has 0 aliphatic carbocycles. The fraction of sp³-hybridized carbons (Fsp3) is 0.276. The summed E-state index contributed by atoms with van der Waals surface area (Å²) in [6.07, 6.45) is 3.16. The van der Waals surface area contributed by atoms with Crippen LogP contribution in [0.4, 0.5) is 10.1 Å². The fourth-order valence-corrected chi connectivity index (χ4v) is 4.46. The van der Waals surface area contributed by atoms with E-state index < -0.39 is 11.6 Å². The molecule has 36 heavy (non-hydrogen) atoms. The smallest absolute Gasteiger partial charge is 0.188 e. The standard InChI is InChI=1S/C29H31FN2O4/c1-35-23-9-10-25(26(30)20-23)28(34)12-8-22-19-21(24-5-3-4-6-29(24)36-2)7-11-27(22)32-15-13-31(14-16-32)17-18-33/h3-12,19-20,33H,13-18H2,1-2H3/b12-8+. The molecular formula is C29H31FN2O4. The Labute approximate surface area is 211 Å². The maximum Gasteiger partial charge on any atom is 0.188 e. The summed E-state index contributed by atoms with van der Waals surface area (Å²) in [5.41, 5.74) is 3.75. The van der Waals surface area contributed by atoms with Crippen LogP contribution in [0.1, 0.15) is 15.9 Å². The van der Waals surface area contributed by atoms with E-state index in [2.05, 4.69) is 21.9 Å². The number of ether oxygens (including phenoxy) is 2. The van der Waals surface area contributed by atoms with E-state index in [9.17, 15) is 14.3 Å². The minimum atomic E-state index is -0.619. The summed E-state index contributed by atoms with van der Waals surface area (Å²) in [6, 6.07) is 18.1. The maximum absolute atomic E-state index is 14.5. The van der Waals surface area contributed by atoms with E-state index in [1.807, 2.05) is 30.3 Å². The van der Waals surface area contributed by atoms with Crippen molar-refractivity contribution in [2.24, 2.45) is 0 Å². The molecule has 1 aliphatic rings. The molecule has 1 N–H and O–H groups in total. The summed E-state index contributed by atoms with van der Waals surface area (Å²) in [4.78, 5) is 17.4. The predicted molar refractivity (Wildman–Crippen MR) is 140 cm³/mol. The average molecular weight is 491 g/mol. The summed E-state index contributed by atoms with van der Waals surface area (Å²) in [7, 11) is 3.10. The van der Waals surface area contributed by atoms with Crippen LogP contribution in [0, 0.1) is 5.82 Å². The number of carbonyl (C=O) groups excluding carboxylic acids is 1. The number of halogens is 1. The Kier molecular flexibility index (Phi) is 8.36. The quantitative estimate of drug-likeness (QED) is 0.352. The zero-order valence-electron chi connectivity index (χ0n) is 20.6. The van der Waals surface area contributed by atoms with Crippen molar-refractivity contribution in [2.75, 3.05) is 58.5 Å². The predicted octanol–water partition coefficient (Wildman–Crippen LogP) is 4.52. The largest absolute Gasteiger partial charge is 0.497 e. The number of benzene rings is 3. The monoisotopic (exact) mass is 490 g/mol. The third-order valence-corrected chi connectivity index (χ3v) is 6.43. The molecular weight excluding hydrogens is 459 g/mol. The third-order valence-electron chi connectivity index (χ3n) is 6.43. The van der Waals surface area contributed by atoms with Crippen molar-refractivity contribution in [3.63, 3.8) is 0 Å². The second-order valence-corrected chi connectivity index (χ2v) is 8.57. The molecule has 0 bridgehead atoms.